The van der Waals surface area contributed by atoms with Crippen LogP contribution in [0.1, 0.15) is 38.0 Å². The van der Waals surface area contributed by atoms with Crippen LogP contribution in [0.4, 0.5) is 15.8 Å². The molecule has 0 heterocycles. The average molecular weight is 482 g/mol. The smallest absolute Gasteiger partial charge is 0.336 e. The fourth-order valence-electron chi connectivity index (χ4n) is 2.93. The number of thioether (sulfide) groups is 1. The first-order chi connectivity index (χ1) is 16.1. The lowest BCUT2D eigenvalue weighted by molar-refractivity contribution is -0.115. The molecular formula is C24H19FN2O6S. The molecule has 3 aromatic carbocycles. The molecule has 0 saturated heterocycles. The molecular weight excluding hydrogens is 463 g/mol. The third-order valence-corrected chi connectivity index (χ3v) is 5.72. The van der Waals surface area contributed by atoms with Gasteiger partial charge >= 0.3 is 11.9 Å². The summed E-state index contributed by atoms with van der Waals surface area (Å²) < 4.78 is 13.0. The number of benzene rings is 3. The highest BCUT2D eigenvalue weighted by molar-refractivity contribution is 8.00. The van der Waals surface area contributed by atoms with Crippen LogP contribution in [0.15, 0.2) is 71.6 Å². The van der Waals surface area contributed by atoms with Gasteiger partial charge in [0.05, 0.1) is 21.9 Å². The number of aromatic carboxylic acids is 2. The quantitative estimate of drug-likeness (QED) is 0.345. The van der Waals surface area contributed by atoms with Gasteiger partial charge in [0.25, 0.3) is 5.91 Å². The molecule has 0 aliphatic rings. The molecule has 10 heteroatoms. The number of hydrogen-bond acceptors (Lipinski definition) is 5. The number of halogens is 1. The molecule has 8 nitrogen and oxygen atoms in total. The van der Waals surface area contributed by atoms with Crippen molar-refractivity contribution in [3.8, 4) is 0 Å². The Bertz CT molecular complexity index is 1260. The number of hydrogen-bond donors (Lipinski definition) is 4. The number of nitrogens with one attached hydrogen (secondary N) is 2. The van der Waals surface area contributed by atoms with E-state index in [1.165, 1.54) is 36.0 Å². The fourth-order valence-corrected chi connectivity index (χ4v) is 3.86. The summed E-state index contributed by atoms with van der Waals surface area (Å²) in [5, 5.41) is 23.2. The summed E-state index contributed by atoms with van der Waals surface area (Å²) in [5.74, 6) is -4.17. The Morgan fingerprint density at radius 1 is 0.824 bits per heavy atom. The Kier molecular flexibility index (Phi) is 7.64. The highest BCUT2D eigenvalue weighted by atomic mass is 32.2. The largest absolute Gasteiger partial charge is 0.478 e. The predicted molar refractivity (Wildman–Crippen MR) is 125 cm³/mol. The van der Waals surface area contributed by atoms with E-state index >= 15 is 0 Å². The van der Waals surface area contributed by atoms with Gasteiger partial charge in [-0.15, -0.1) is 11.8 Å². The van der Waals surface area contributed by atoms with Crippen LogP contribution in [0.2, 0.25) is 0 Å². The number of amides is 2. The maximum absolute atomic E-state index is 13.0. The van der Waals surface area contributed by atoms with E-state index in [0.29, 0.717) is 16.3 Å². The van der Waals surface area contributed by atoms with Crippen LogP contribution in [-0.4, -0.2) is 39.2 Å². The maximum Gasteiger partial charge on any atom is 0.336 e. The van der Waals surface area contributed by atoms with Gasteiger partial charge in [-0.25, -0.2) is 14.0 Å². The molecule has 0 aromatic heterocycles. The molecule has 34 heavy (non-hydrogen) atoms. The Hall–Kier alpha value is -4.18. The first-order valence-corrected chi connectivity index (χ1v) is 10.8. The number of anilines is 2. The zero-order valence-corrected chi connectivity index (χ0v) is 18.6. The molecule has 0 fully saturated rings. The maximum atomic E-state index is 13.0. The molecule has 0 spiro atoms. The van der Waals surface area contributed by atoms with Crippen molar-refractivity contribution in [2.45, 2.75) is 17.1 Å². The summed E-state index contributed by atoms with van der Waals surface area (Å²) in [6, 6.07) is 15.2. The molecule has 1 unspecified atom stereocenters. The van der Waals surface area contributed by atoms with E-state index in [1.54, 1.807) is 31.2 Å². The number of carbonyl (C=O) groups is 4. The number of carboxylic acids is 2. The van der Waals surface area contributed by atoms with E-state index in [-0.39, 0.29) is 17.0 Å². The van der Waals surface area contributed by atoms with Gasteiger partial charge in [-0.05, 0) is 67.6 Å². The first kappa shape index (κ1) is 24.5. The highest BCUT2D eigenvalue weighted by Gasteiger charge is 2.20. The molecule has 4 N–H and O–H groups in total. The van der Waals surface area contributed by atoms with Crippen LogP contribution in [0.3, 0.4) is 0 Å². The number of carboxylic acid groups (broad SMARTS) is 2. The minimum atomic E-state index is -1.43. The predicted octanol–water partition coefficient (Wildman–Crippen LogP) is 4.59. The van der Waals surface area contributed by atoms with Crippen molar-refractivity contribution in [2.24, 2.45) is 0 Å². The second-order valence-corrected chi connectivity index (χ2v) is 8.52. The zero-order valence-electron chi connectivity index (χ0n) is 17.7. The van der Waals surface area contributed by atoms with E-state index < -0.39 is 34.5 Å². The third kappa shape index (κ3) is 6.20. The summed E-state index contributed by atoms with van der Waals surface area (Å²) in [6.07, 6.45) is 0. The molecule has 0 bridgehead atoms. The molecule has 2 amide bonds. The Labute approximate surface area is 197 Å². The lowest BCUT2D eigenvalue weighted by Gasteiger charge is -2.13. The van der Waals surface area contributed by atoms with Gasteiger partial charge in [-0.1, -0.05) is 6.07 Å². The SMILES string of the molecule is CC(Sc1cccc(NC(=O)c2ccc(C(=O)O)cc2C(=O)O)c1)C(=O)Nc1ccc(F)cc1. The minimum Gasteiger partial charge on any atom is -0.478 e. The van der Waals surface area contributed by atoms with Crippen LogP contribution in [-0.2, 0) is 4.79 Å². The normalized spacial score (nSPS) is 11.4. The van der Waals surface area contributed by atoms with E-state index in [9.17, 15) is 28.7 Å². The van der Waals surface area contributed by atoms with Crippen molar-refractivity contribution >= 4 is 46.9 Å². The first-order valence-electron chi connectivity index (χ1n) is 9.89. The summed E-state index contributed by atoms with van der Waals surface area (Å²) in [5.41, 5.74) is -0.0559. The second kappa shape index (κ2) is 10.6. The van der Waals surface area contributed by atoms with E-state index in [4.69, 9.17) is 5.11 Å². The van der Waals surface area contributed by atoms with Gasteiger partial charge in [-0.3, -0.25) is 9.59 Å². The summed E-state index contributed by atoms with van der Waals surface area (Å²) in [4.78, 5) is 48.4. The van der Waals surface area contributed by atoms with Gasteiger partial charge in [0, 0.05) is 16.3 Å². The summed E-state index contributed by atoms with van der Waals surface area (Å²) >= 11 is 1.23. The van der Waals surface area contributed by atoms with E-state index in [2.05, 4.69) is 10.6 Å². The Morgan fingerprint density at radius 2 is 1.53 bits per heavy atom. The molecule has 0 aliphatic heterocycles. The lowest BCUT2D eigenvalue weighted by atomic mass is 10.0. The van der Waals surface area contributed by atoms with Crippen molar-refractivity contribution in [2.75, 3.05) is 10.6 Å². The van der Waals surface area contributed by atoms with Gasteiger partial charge < -0.3 is 20.8 Å². The van der Waals surface area contributed by atoms with Crippen molar-refractivity contribution in [3.63, 3.8) is 0 Å². The second-order valence-electron chi connectivity index (χ2n) is 7.11. The zero-order chi connectivity index (χ0) is 24.8. The Balaban J connectivity index is 1.70. The highest BCUT2D eigenvalue weighted by Crippen LogP contribution is 2.27. The average Bonchev–Trinajstić information content (AvgIpc) is 2.80. The molecule has 174 valence electrons. The number of carbonyl (C=O) groups excluding carboxylic acids is 2. The van der Waals surface area contributed by atoms with Crippen molar-refractivity contribution < 1.29 is 33.8 Å². The van der Waals surface area contributed by atoms with Crippen LogP contribution in [0, 0.1) is 5.82 Å². The molecule has 3 aromatic rings. The standard InChI is InChI=1S/C24H19FN2O6S/c1-13(21(28)26-16-8-6-15(25)7-9-16)34-18-4-2-3-17(12-18)27-22(29)19-10-5-14(23(30)31)11-20(19)24(32)33/h2-13H,1H3,(H,26,28)(H,27,29)(H,30,31)(H,32,33). The summed E-state index contributed by atoms with van der Waals surface area (Å²) in [6.45, 7) is 1.69. The van der Waals surface area contributed by atoms with Crippen molar-refractivity contribution in [1.29, 1.82) is 0 Å². The lowest BCUT2D eigenvalue weighted by Crippen LogP contribution is -2.22. The van der Waals surface area contributed by atoms with Crippen molar-refractivity contribution in [1.82, 2.24) is 0 Å². The van der Waals surface area contributed by atoms with E-state index in [1.807, 2.05) is 0 Å². The molecule has 3 rings (SSSR count). The van der Waals surface area contributed by atoms with Gasteiger partial charge in [-0.2, -0.15) is 0 Å². The Morgan fingerprint density at radius 3 is 2.18 bits per heavy atom. The van der Waals surface area contributed by atoms with Gasteiger partial charge in [0.2, 0.25) is 5.91 Å². The van der Waals surface area contributed by atoms with Crippen LogP contribution < -0.4 is 10.6 Å². The number of rotatable bonds is 8. The molecule has 0 radical (unpaired) electrons. The third-order valence-electron chi connectivity index (χ3n) is 4.63. The van der Waals surface area contributed by atoms with Gasteiger partial charge in [0.15, 0.2) is 0 Å². The minimum absolute atomic E-state index is 0.192. The van der Waals surface area contributed by atoms with E-state index in [0.717, 1.165) is 18.2 Å². The fraction of sp³-hybridized carbons (Fsp3) is 0.0833. The van der Waals surface area contributed by atoms with Crippen LogP contribution in [0.5, 0.6) is 0 Å². The van der Waals surface area contributed by atoms with Crippen molar-refractivity contribution in [3.05, 3.63) is 89.2 Å². The summed E-state index contributed by atoms with van der Waals surface area (Å²) in [7, 11) is 0. The molecule has 1 atom stereocenters. The molecule has 0 saturated carbocycles. The topological polar surface area (TPSA) is 133 Å². The monoisotopic (exact) mass is 482 g/mol. The van der Waals surface area contributed by atoms with Crippen LogP contribution >= 0.6 is 11.8 Å². The molecule has 0 aliphatic carbocycles. The van der Waals surface area contributed by atoms with Crippen LogP contribution in [0.25, 0.3) is 0 Å². The van der Waals surface area contributed by atoms with Gasteiger partial charge in [0.1, 0.15) is 5.82 Å².